The molecule has 0 spiro atoms. The molecule has 0 aliphatic rings. The molecule has 1 aromatic carbocycles. The van der Waals surface area contributed by atoms with Gasteiger partial charge in [0.25, 0.3) is 0 Å². The van der Waals surface area contributed by atoms with Gasteiger partial charge in [-0.2, -0.15) is 0 Å². The van der Waals surface area contributed by atoms with Crippen LogP contribution in [0.15, 0.2) is 24.3 Å². The van der Waals surface area contributed by atoms with Crippen LogP contribution in [0.3, 0.4) is 0 Å². The Bertz CT molecular complexity index is 287. The molecule has 0 nitrogen and oxygen atoms in total. The summed E-state index contributed by atoms with van der Waals surface area (Å²) in [5.41, 5.74) is 2.85. The monoisotopic (exact) mass is 226 g/mol. The number of aryl methyl sites for hydroxylation is 1. The quantitative estimate of drug-likeness (QED) is 0.687. The molecular formula is C12H18S2. The van der Waals surface area contributed by atoms with Crippen LogP contribution in [-0.4, -0.2) is 4.75 Å². The summed E-state index contributed by atoms with van der Waals surface area (Å²) >= 11 is 0. The van der Waals surface area contributed by atoms with Crippen LogP contribution < -0.4 is 0 Å². The van der Waals surface area contributed by atoms with Gasteiger partial charge in [-0.05, 0) is 18.1 Å². The van der Waals surface area contributed by atoms with Gasteiger partial charge in [-0.15, -0.1) is 0 Å². The Kier molecular flexibility index (Phi) is 4.39. The highest BCUT2D eigenvalue weighted by atomic mass is 33.1. The van der Waals surface area contributed by atoms with Crippen molar-refractivity contribution in [1.82, 2.24) is 0 Å². The van der Waals surface area contributed by atoms with Gasteiger partial charge in [-0.25, -0.2) is 0 Å². The van der Waals surface area contributed by atoms with E-state index in [1.165, 1.54) is 11.1 Å². The molecule has 0 atom stereocenters. The van der Waals surface area contributed by atoms with Crippen molar-refractivity contribution >= 4 is 21.6 Å². The number of hydrogen-bond acceptors (Lipinski definition) is 2. The Morgan fingerprint density at radius 1 is 1.14 bits per heavy atom. The van der Waals surface area contributed by atoms with Crippen molar-refractivity contribution in [1.29, 1.82) is 0 Å². The standard InChI is InChI=1S/C12H18S2/c1-10-7-5-6-8-11(10)9-13-14-12(2,3)4/h5-8H,9H2,1-4H3. The minimum Gasteiger partial charge on any atom is -0.0888 e. The average Bonchev–Trinajstić information content (AvgIpc) is 2.06. The first-order valence-electron chi connectivity index (χ1n) is 4.84. The fraction of sp³-hybridized carbons (Fsp3) is 0.500. The van der Waals surface area contributed by atoms with E-state index >= 15 is 0 Å². The second-order valence-corrected chi connectivity index (χ2v) is 7.51. The second kappa shape index (κ2) is 5.13. The van der Waals surface area contributed by atoms with Crippen LogP contribution in [0.2, 0.25) is 0 Å². The molecule has 0 bridgehead atoms. The number of benzene rings is 1. The van der Waals surface area contributed by atoms with E-state index in [0.29, 0.717) is 4.75 Å². The van der Waals surface area contributed by atoms with Crippen molar-refractivity contribution < 1.29 is 0 Å². The summed E-state index contributed by atoms with van der Waals surface area (Å²) in [4.78, 5) is 0. The first-order chi connectivity index (χ1) is 6.49. The maximum atomic E-state index is 2.25. The molecule has 78 valence electrons. The largest absolute Gasteiger partial charge is 0.0888 e. The van der Waals surface area contributed by atoms with Crippen molar-refractivity contribution in [2.24, 2.45) is 0 Å². The maximum absolute atomic E-state index is 2.25. The van der Waals surface area contributed by atoms with Crippen molar-refractivity contribution in [3.05, 3.63) is 35.4 Å². The Balaban J connectivity index is 2.43. The molecule has 0 aliphatic carbocycles. The van der Waals surface area contributed by atoms with Crippen molar-refractivity contribution in [2.45, 2.75) is 38.2 Å². The molecule has 0 saturated heterocycles. The van der Waals surface area contributed by atoms with Crippen LogP contribution in [-0.2, 0) is 5.75 Å². The third-order valence-corrected chi connectivity index (χ3v) is 5.04. The fourth-order valence-electron chi connectivity index (χ4n) is 1.04. The minimum atomic E-state index is 0.355. The van der Waals surface area contributed by atoms with Gasteiger partial charge < -0.3 is 0 Å². The summed E-state index contributed by atoms with van der Waals surface area (Å²) in [6.07, 6.45) is 0. The van der Waals surface area contributed by atoms with E-state index in [-0.39, 0.29) is 0 Å². The molecule has 14 heavy (non-hydrogen) atoms. The molecule has 0 radical (unpaired) electrons. The average molecular weight is 226 g/mol. The van der Waals surface area contributed by atoms with Gasteiger partial charge in [0.05, 0.1) is 0 Å². The molecule has 1 rings (SSSR count). The van der Waals surface area contributed by atoms with Crippen LogP contribution in [0.25, 0.3) is 0 Å². The smallest absolute Gasteiger partial charge is 0.0291 e. The third-order valence-electron chi connectivity index (χ3n) is 1.78. The zero-order valence-corrected chi connectivity index (χ0v) is 11.0. The summed E-state index contributed by atoms with van der Waals surface area (Å²) in [7, 11) is 3.90. The zero-order chi connectivity index (χ0) is 10.6. The maximum Gasteiger partial charge on any atom is 0.0291 e. The minimum absolute atomic E-state index is 0.355. The molecule has 0 unspecified atom stereocenters. The molecule has 0 saturated carbocycles. The van der Waals surface area contributed by atoms with Gasteiger partial charge in [0.2, 0.25) is 0 Å². The molecule has 0 heterocycles. The predicted octanol–water partition coefficient (Wildman–Crippen LogP) is 4.67. The zero-order valence-electron chi connectivity index (χ0n) is 9.33. The predicted molar refractivity (Wildman–Crippen MR) is 69.8 cm³/mol. The summed E-state index contributed by atoms with van der Waals surface area (Å²) in [6.45, 7) is 8.94. The summed E-state index contributed by atoms with van der Waals surface area (Å²) < 4.78 is 0.355. The lowest BCUT2D eigenvalue weighted by atomic mass is 10.1. The SMILES string of the molecule is Cc1ccccc1CSSC(C)(C)C. The topological polar surface area (TPSA) is 0 Å². The van der Waals surface area contributed by atoms with E-state index < -0.39 is 0 Å². The third kappa shape index (κ3) is 4.43. The van der Waals surface area contributed by atoms with Gasteiger partial charge in [0, 0.05) is 10.5 Å². The fourth-order valence-corrected chi connectivity index (χ4v) is 3.52. The summed E-state index contributed by atoms with van der Waals surface area (Å²) in [5, 5.41) is 0. The van der Waals surface area contributed by atoms with Crippen LogP contribution >= 0.6 is 21.6 Å². The van der Waals surface area contributed by atoms with Crippen LogP contribution in [0.4, 0.5) is 0 Å². The number of hydrogen-bond donors (Lipinski definition) is 0. The Morgan fingerprint density at radius 3 is 2.36 bits per heavy atom. The molecule has 0 aliphatic heterocycles. The van der Waals surface area contributed by atoms with Crippen LogP contribution in [0.5, 0.6) is 0 Å². The first kappa shape index (κ1) is 12.0. The normalized spacial score (nSPS) is 11.7. The van der Waals surface area contributed by atoms with Gasteiger partial charge >= 0.3 is 0 Å². The summed E-state index contributed by atoms with van der Waals surface area (Å²) in [6, 6.07) is 8.61. The molecular weight excluding hydrogens is 208 g/mol. The van der Waals surface area contributed by atoms with E-state index in [4.69, 9.17) is 0 Å². The highest BCUT2D eigenvalue weighted by molar-refractivity contribution is 8.76. The molecule has 0 fully saturated rings. The van der Waals surface area contributed by atoms with E-state index in [1.54, 1.807) is 0 Å². The second-order valence-electron chi connectivity index (χ2n) is 4.38. The van der Waals surface area contributed by atoms with Gasteiger partial charge in [-0.3, -0.25) is 0 Å². The molecule has 0 N–H and O–H groups in total. The van der Waals surface area contributed by atoms with Crippen molar-refractivity contribution in [2.75, 3.05) is 0 Å². The highest BCUT2D eigenvalue weighted by Gasteiger charge is 2.10. The van der Waals surface area contributed by atoms with Gasteiger partial charge in [-0.1, -0.05) is 66.6 Å². The lowest BCUT2D eigenvalue weighted by Gasteiger charge is -2.16. The van der Waals surface area contributed by atoms with Gasteiger partial charge in [0.1, 0.15) is 0 Å². The lowest BCUT2D eigenvalue weighted by molar-refractivity contribution is 0.810. The number of rotatable bonds is 3. The first-order valence-corrected chi connectivity index (χ1v) is 7.16. The van der Waals surface area contributed by atoms with E-state index in [0.717, 1.165) is 5.75 Å². The van der Waals surface area contributed by atoms with Crippen LogP contribution in [0.1, 0.15) is 31.9 Å². The lowest BCUT2D eigenvalue weighted by Crippen LogP contribution is -2.04. The summed E-state index contributed by atoms with van der Waals surface area (Å²) in [5.74, 6) is 1.11. The highest BCUT2D eigenvalue weighted by Crippen LogP contribution is 2.37. The molecule has 0 aromatic heterocycles. The van der Waals surface area contributed by atoms with Crippen molar-refractivity contribution in [3.63, 3.8) is 0 Å². The van der Waals surface area contributed by atoms with Crippen LogP contribution in [0, 0.1) is 6.92 Å². The molecule has 1 aromatic rings. The van der Waals surface area contributed by atoms with E-state index in [2.05, 4.69) is 52.0 Å². The van der Waals surface area contributed by atoms with E-state index in [1.807, 2.05) is 21.6 Å². The molecule has 0 amide bonds. The van der Waals surface area contributed by atoms with Crippen molar-refractivity contribution in [3.8, 4) is 0 Å². The van der Waals surface area contributed by atoms with Gasteiger partial charge in [0.15, 0.2) is 0 Å². The Morgan fingerprint density at radius 2 is 1.79 bits per heavy atom. The Labute approximate surface area is 95.3 Å². The Hall–Kier alpha value is -0.0800. The molecule has 2 heteroatoms. The van der Waals surface area contributed by atoms with E-state index in [9.17, 15) is 0 Å².